The van der Waals surface area contributed by atoms with Gasteiger partial charge in [0.15, 0.2) is 0 Å². The molecule has 0 fully saturated rings. The molecule has 0 aromatic heterocycles. The average Bonchev–Trinajstić information content (AvgIpc) is 2.42. The van der Waals surface area contributed by atoms with E-state index in [2.05, 4.69) is 10.1 Å². The summed E-state index contributed by atoms with van der Waals surface area (Å²) in [6.45, 7) is 4.65. The van der Waals surface area contributed by atoms with Crippen molar-refractivity contribution >= 4 is 5.97 Å². The van der Waals surface area contributed by atoms with Crippen LogP contribution >= 0.6 is 0 Å². The predicted octanol–water partition coefficient (Wildman–Crippen LogP) is 1.58. The third-order valence-electron chi connectivity index (χ3n) is 3.11. The van der Waals surface area contributed by atoms with Crippen molar-refractivity contribution in [1.82, 2.24) is 5.32 Å². The first-order valence-electron chi connectivity index (χ1n) is 6.03. The molecular weight excluding hydrogens is 246 g/mol. The second-order valence-electron chi connectivity index (χ2n) is 4.20. The highest BCUT2D eigenvalue weighted by molar-refractivity contribution is 5.71. The number of hydrogen-bond donors (Lipinski definition) is 1. The molecule has 19 heavy (non-hydrogen) atoms. The van der Waals surface area contributed by atoms with Gasteiger partial charge in [0.2, 0.25) is 0 Å². The maximum atomic E-state index is 11.1. The molecule has 0 saturated carbocycles. The van der Waals surface area contributed by atoms with Crippen molar-refractivity contribution in [2.75, 3.05) is 27.9 Å². The van der Waals surface area contributed by atoms with Gasteiger partial charge in [-0.15, -0.1) is 0 Å². The summed E-state index contributed by atoms with van der Waals surface area (Å²) in [5.41, 5.74) is 3.04. The molecule has 106 valence electrons. The molecule has 0 radical (unpaired) electrons. The van der Waals surface area contributed by atoms with Crippen molar-refractivity contribution < 1.29 is 19.0 Å². The van der Waals surface area contributed by atoms with Gasteiger partial charge < -0.3 is 19.5 Å². The number of carbonyl (C=O) groups is 1. The minimum absolute atomic E-state index is 0.162. The Hall–Kier alpha value is -1.75. The number of methoxy groups -OCH3 is 3. The van der Waals surface area contributed by atoms with E-state index in [4.69, 9.17) is 9.47 Å². The lowest BCUT2D eigenvalue weighted by Crippen LogP contribution is -2.23. The van der Waals surface area contributed by atoms with E-state index in [1.807, 2.05) is 19.9 Å². The molecule has 0 aliphatic heterocycles. The Balaban J connectivity index is 2.92. The molecular formula is C14H21NO4. The molecule has 0 bridgehead atoms. The summed E-state index contributed by atoms with van der Waals surface area (Å²) in [6, 6.07) is 1.92. The molecule has 5 heteroatoms. The third kappa shape index (κ3) is 3.61. The second-order valence-corrected chi connectivity index (χ2v) is 4.20. The fraction of sp³-hybridized carbons (Fsp3) is 0.500. The van der Waals surface area contributed by atoms with Gasteiger partial charge in [-0.2, -0.15) is 0 Å². The van der Waals surface area contributed by atoms with Crippen molar-refractivity contribution in [3.8, 4) is 11.5 Å². The molecule has 1 aromatic carbocycles. The lowest BCUT2D eigenvalue weighted by Gasteiger charge is -2.17. The molecule has 1 aromatic rings. The van der Waals surface area contributed by atoms with Gasteiger partial charge in [-0.25, -0.2) is 0 Å². The van der Waals surface area contributed by atoms with Gasteiger partial charge in [-0.05, 0) is 31.0 Å². The summed E-state index contributed by atoms with van der Waals surface area (Å²) < 4.78 is 15.3. The number of esters is 1. The minimum atomic E-state index is -0.297. The number of benzene rings is 1. The van der Waals surface area contributed by atoms with Crippen LogP contribution in [0.5, 0.6) is 11.5 Å². The zero-order chi connectivity index (χ0) is 14.4. The Kier molecular flexibility index (Phi) is 5.63. The number of nitrogens with one attached hydrogen (secondary N) is 1. The maximum Gasteiger partial charge on any atom is 0.319 e. The van der Waals surface area contributed by atoms with Crippen LogP contribution in [0.1, 0.15) is 16.7 Å². The van der Waals surface area contributed by atoms with Gasteiger partial charge >= 0.3 is 5.97 Å². The van der Waals surface area contributed by atoms with Gasteiger partial charge in [0.05, 0.1) is 27.9 Å². The van der Waals surface area contributed by atoms with Crippen LogP contribution in [0.2, 0.25) is 0 Å². The van der Waals surface area contributed by atoms with Crippen LogP contribution in [-0.4, -0.2) is 33.8 Å². The van der Waals surface area contributed by atoms with Crippen LogP contribution in [0.4, 0.5) is 0 Å². The Labute approximate surface area is 113 Å². The summed E-state index contributed by atoms with van der Waals surface area (Å²) in [6.07, 6.45) is 0. The lowest BCUT2D eigenvalue weighted by atomic mass is 10.0. The monoisotopic (exact) mass is 267 g/mol. The first-order valence-corrected chi connectivity index (χ1v) is 6.03. The summed E-state index contributed by atoms with van der Waals surface area (Å²) in [7, 11) is 4.64. The fourth-order valence-corrected chi connectivity index (χ4v) is 1.93. The van der Waals surface area contributed by atoms with Crippen molar-refractivity contribution in [3.63, 3.8) is 0 Å². The molecule has 1 N–H and O–H groups in total. The van der Waals surface area contributed by atoms with E-state index in [0.29, 0.717) is 6.54 Å². The second kappa shape index (κ2) is 6.99. The Bertz CT molecular complexity index is 457. The molecule has 0 atom stereocenters. The van der Waals surface area contributed by atoms with Gasteiger partial charge in [-0.3, -0.25) is 4.79 Å². The van der Waals surface area contributed by atoms with E-state index < -0.39 is 0 Å². The van der Waals surface area contributed by atoms with E-state index in [9.17, 15) is 4.79 Å². The van der Waals surface area contributed by atoms with Crippen LogP contribution < -0.4 is 14.8 Å². The molecule has 0 amide bonds. The first-order chi connectivity index (χ1) is 9.04. The third-order valence-corrected chi connectivity index (χ3v) is 3.11. The van der Waals surface area contributed by atoms with E-state index >= 15 is 0 Å². The van der Waals surface area contributed by atoms with Gasteiger partial charge in [-0.1, -0.05) is 0 Å². The number of ether oxygens (including phenoxy) is 3. The molecule has 0 unspecified atom stereocenters. The quantitative estimate of drug-likeness (QED) is 0.793. The Morgan fingerprint density at radius 1 is 1.16 bits per heavy atom. The summed E-state index contributed by atoms with van der Waals surface area (Å²) in [4.78, 5) is 11.1. The number of hydrogen-bond acceptors (Lipinski definition) is 5. The van der Waals surface area contributed by atoms with Crippen LogP contribution in [0.3, 0.4) is 0 Å². The van der Waals surface area contributed by atoms with Gasteiger partial charge in [0.25, 0.3) is 0 Å². The molecule has 0 spiro atoms. The molecule has 0 heterocycles. The smallest absolute Gasteiger partial charge is 0.319 e. The van der Waals surface area contributed by atoms with E-state index in [1.54, 1.807) is 14.2 Å². The van der Waals surface area contributed by atoms with Crippen LogP contribution in [-0.2, 0) is 16.1 Å². The SMILES string of the molecule is COC(=O)CNCc1cc(OC)c(C)c(C)c1OC. The van der Waals surface area contributed by atoms with E-state index in [-0.39, 0.29) is 12.5 Å². The standard InChI is InChI=1S/C14H21NO4/c1-9-10(2)14(19-5)11(6-12(9)17-3)7-15-8-13(16)18-4/h6,15H,7-8H2,1-5H3. The first kappa shape index (κ1) is 15.3. The molecule has 0 aliphatic carbocycles. The molecule has 0 saturated heterocycles. The summed E-state index contributed by atoms with van der Waals surface area (Å²) in [5, 5.41) is 3.01. The van der Waals surface area contributed by atoms with Crippen molar-refractivity contribution in [1.29, 1.82) is 0 Å². The minimum Gasteiger partial charge on any atom is -0.496 e. The van der Waals surface area contributed by atoms with Gasteiger partial charge in [0.1, 0.15) is 11.5 Å². The Morgan fingerprint density at radius 3 is 2.37 bits per heavy atom. The highest BCUT2D eigenvalue weighted by atomic mass is 16.5. The van der Waals surface area contributed by atoms with Crippen LogP contribution in [0.15, 0.2) is 6.07 Å². The summed E-state index contributed by atoms with van der Waals surface area (Å²) in [5.74, 6) is 1.33. The fourth-order valence-electron chi connectivity index (χ4n) is 1.93. The topological polar surface area (TPSA) is 56.8 Å². The van der Waals surface area contributed by atoms with Crippen molar-refractivity contribution in [3.05, 3.63) is 22.8 Å². The summed E-state index contributed by atoms with van der Waals surface area (Å²) >= 11 is 0. The Morgan fingerprint density at radius 2 is 1.84 bits per heavy atom. The van der Waals surface area contributed by atoms with Crippen LogP contribution in [0, 0.1) is 13.8 Å². The van der Waals surface area contributed by atoms with Crippen molar-refractivity contribution in [2.24, 2.45) is 0 Å². The molecule has 0 aliphatic rings. The zero-order valence-electron chi connectivity index (χ0n) is 12.1. The highest BCUT2D eigenvalue weighted by Crippen LogP contribution is 2.33. The number of carbonyl (C=O) groups excluding carboxylic acids is 1. The van der Waals surface area contributed by atoms with Gasteiger partial charge in [0, 0.05) is 12.1 Å². The average molecular weight is 267 g/mol. The lowest BCUT2D eigenvalue weighted by molar-refractivity contribution is -0.139. The van der Waals surface area contributed by atoms with Crippen LogP contribution in [0.25, 0.3) is 0 Å². The highest BCUT2D eigenvalue weighted by Gasteiger charge is 2.13. The zero-order valence-corrected chi connectivity index (χ0v) is 12.1. The van der Waals surface area contributed by atoms with E-state index in [1.165, 1.54) is 7.11 Å². The van der Waals surface area contributed by atoms with Crippen molar-refractivity contribution in [2.45, 2.75) is 20.4 Å². The molecule has 5 nitrogen and oxygen atoms in total. The number of rotatable bonds is 6. The predicted molar refractivity (Wildman–Crippen MR) is 72.7 cm³/mol. The largest absolute Gasteiger partial charge is 0.496 e. The molecule has 1 rings (SSSR count). The normalized spacial score (nSPS) is 10.2. The maximum absolute atomic E-state index is 11.1. The van der Waals surface area contributed by atoms with E-state index in [0.717, 1.165) is 28.2 Å².